The zero-order valence-corrected chi connectivity index (χ0v) is 24.3. The minimum Gasteiger partial charge on any atom is -0.486 e. The van der Waals surface area contributed by atoms with E-state index in [1.807, 2.05) is 0 Å². The van der Waals surface area contributed by atoms with Crippen molar-refractivity contribution in [2.45, 2.75) is 37.4 Å². The van der Waals surface area contributed by atoms with Gasteiger partial charge in [-0.05, 0) is 56.0 Å². The van der Waals surface area contributed by atoms with Gasteiger partial charge in [0.05, 0.1) is 24.2 Å². The van der Waals surface area contributed by atoms with Gasteiger partial charge in [-0.25, -0.2) is 23.6 Å². The first-order valence-corrected chi connectivity index (χ1v) is 15.5. The Labute approximate surface area is 241 Å². The van der Waals surface area contributed by atoms with Crippen LogP contribution in [0.25, 0.3) is 16.7 Å². The highest BCUT2D eigenvalue weighted by Crippen LogP contribution is 2.62. The number of hydrogen-bond donors (Lipinski definition) is 0. The number of ether oxygens (including phenoxy) is 1. The van der Waals surface area contributed by atoms with E-state index in [4.69, 9.17) is 18.9 Å². The van der Waals surface area contributed by atoms with Crippen LogP contribution in [0, 0.1) is 5.82 Å². The van der Waals surface area contributed by atoms with E-state index in [-0.39, 0.29) is 31.4 Å². The van der Waals surface area contributed by atoms with Gasteiger partial charge in [0, 0.05) is 0 Å². The second-order valence-corrected chi connectivity index (χ2v) is 11.7. The van der Waals surface area contributed by atoms with Gasteiger partial charge in [0.2, 0.25) is 0 Å². The van der Waals surface area contributed by atoms with Gasteiger partial charge < -0.3 is 13.8 Å². The molecule has 16 heteroatoms. The highest BCUT2D eigenvalue weighted by Gasteiger charge is 2.41. The maximum Gasteiger partial charge on any atom is 0.416 e. The fourth-order valence-corrected chi connectivity index (χ4v) is 6.97. The third kappa shape index (κ3) is 5.87. The monoisotopic (exact) mass is 624 g/mol. The lowest BCUT2D eigenvalue weighted by Crippen LogP contribution is -2.17. The van der Waals surface area contributed by atoms with Crippen molar-refractivity contribution in [3.8, 4) is 5.75 Å². The highest BCUT2D eigenvalue weighted by molar-refractivity contribution is 7.98. The van der Waals surface area contributed by atoms with Crippen LogP contribution in [0.5, 0.6) is 5.75 Å². The molecule has 0 radical (unpaired) electrons. The van der Waals surface area contributed by atoms with E-state index >= 15 is 0 Å². The van der Waals surface area contributed by atoms with Gasteiger partial charge in [-0.15, -0.1) is 16.9 Å². The first-order chi connectivity index (χ1) is 20.1. The molecule has 1 atom stereocenters. The van der Waals surface area contributed by atoms with Crippen LogP contribution in [0.15, 0.2) is 59.9 Å². The van der Waals surface area contributed by atoms with Gasteiger partial charge in [-0.1, -0.05) is 18.2 Å². The van der Waals surface area contributed by atoms with Crippen molar-refractivity contribution < 1.29 is 35.9 Å². The van der Waals surface area contributed by atoms with Crippen molar-refractivity contribution in [1.29, 1.82) is 0 Å². The van der Waals surface area contributed by atoms with Crippen molar-refractivity contribution >= 4 is 36.0 Å². The Hall–Kier alpha value is -3.52. The highest BCUT2D eigenvalue weighted by atomic mass is 32.2. The number of aromatic nitrogens is 6. The number of rotatable bonds is 11. The largest absolute Gasteiger partial charge is 0.486 e. The summed E-state index contributed by atoms with van der Waals surface area (Å²) >= 11 is 1.29. The summed E-state index contributed by atoms with van der Waals surface area (Å²) < 4.78 is 87.0. The van der Waals surface area contributed by atoms with Crippen LogP contribution in [-0.4, -0.2) is 48.8 Å². The third-order valence-electron chi connectivity index (χ3n) is 6.08. The Morgan fingerprint density at radius 1 is 1.02 bits per heavy atom. The van der Waals surface area contributed by atoms with Gasteiger partial charge in [0.15, 0.2) is 22.9 Å². The number of thioether (sulfide) groups is 1. The summed E-state index contributed by atoms with van der Waals surface area (Å²) in [5.41, 5.74) is 0.229. The lowest BCUT2D eigenvalue weighted by molar-refractivity contribution is -0.137. The van der Waals surface area contributed by atoms with Gasteiger partial charge in [0.25, 0.3) is 0 Å². The molecular formula is C26H25F4N6O4PS. The summed E-state index contributed by atoms with van der Waals surface area (Å²) in [4.78, 5) is 9.07. The summed E-state index contributed by atoms with van der Waals surface area (Å²) in [6.45, 7) is 3.32. The molecule has 0 saturated heterocycles. The SMILES string of the molecule is CCOP(=O)(OCC)C(c1ccc(F)cc1)n1nc(SC)c2c1ncn1nc(COc3cccc(C(F)(F)F)c3)nc21. The molecule has 0 aliphatic rings. The number of fused-ring (bicyclic) bond motifs is 3. The van der Waals surface area contributed by atoms with Crippen LogP contribution in [0.4, 0.5) is 17.6 Å². The Kier molecular flexibility index (Phi) is 8.56. The molecule has 3 heterocycles. The molecule has 10 nitrogen and oxygen atoms in total. The fraction of sp³-hybridized carbons (Fsp3) is 0.308. The number of hydrogen-bond acceptors (Lipinski definition) is 9. The number of benzene rings is 2. The molecule has 0 aliphatic heterocycles. The number of nitrogens with zero attached hydrogens (tertiary/aromatic N) is 6. The average molecular weight is 625 g/mol. The Morgan fingerprint density at radius 3 is 2.38 bits per heavy atom. The number of alkyl halides is 3. The minimum absolute atomic E-state index is 0.00863. The van der Waals surface area contributed by atoms with E-state index < -0.39 is 30.9 Å². The van der Waals surface area contributed by atoms with Gasteiger partial charge in [-0.3, -0.25) is 4.57 Å². The molecular weight excluding hydrogens is 599 g/mol. The molecule has 5 rings (SSSR count). The Morgan fingerprint density at radius 2 is 1.74 bits per heavy atom. The van der Waals surface area contributed by atoms with Crippen molar-refractivity contribution in [1.82, 2.24) is 29.4 Å². The van der Waals surface area contributed by atoms with Crippen LogP contribution in [0.3, 0.4) is 0 Å². The molecule has 0 N–H and O–H groups in total. The zero-order chi connectivity index (χ0) is 30.1. The lowest BCUT2D eigenvalue weighted by Gasteiger charge is -2.27. The van der Waals surface area contributed by atoms with Crippen LogP contribution in [0.1, 0.15) is 36.6 Å². The molecule has 42 heavy (non-hydrogen) atoms. The van der Waals surface area contributed by atoms with Crippen molar-refractivity contribution in [2.24, 2.45) is 0 Å². The van der Waals surface area contributed by atoms with Crippen LogP contribution >= 0.6 is 19.4 Å². The maximum atomic E-state index is 14.2. The van der Waals surface area contributed by atoms with Crippen LogP contribution in [0.2, 0.25) is 0 Å². The van der Waals surface area contributed by atoms with Gasteiger partial charge in [0.1, 0.15) is 29.5 Å². The van der Waals surface area contributed by atoms with E-state index in [2.05, 4.69) is 15.1 Å². The van der Waals surface area contributed by atoms with Crippen molar-refractivity contribution in [3.63, 3.8) is 0 Å². The summed E-state index contributed by atoms with van der Waals surface area (Å²) in [6, 6.07) is 9.96. The molecule has 0 fully saturated rings. The van der Waals surface area contributed by atoms with E-state index in [0.29, 0.717) is 27.3 Å². The van der Waals surface area contributed by atoms with E-state index in [0.717, 1.165) is 12.1 Å². The normalized spacial score (nSPS) is 13.2. The van der Waals surface area contributed by atoms with Crippen LogP contribution < -0.4 is 4.74 Å². The predicted octanol–water partition coefficient (Wildman–Crippen LogP) is 6.75. The molecule has 3 aromatic heterocycles. The molecule has 0 aliphatic carbocycles. The summed E-state index contributed by atoms with van der Waals surface area (Å²) in [5.74, 6) is -1.39. The molecule has 0 bridgehead atoms. The molecule has 5 aromatic rings. The third-order valence-corrected chi connectivity index (χ3v) is 9.11. The number of halogens is 4. The molecule has 2 aromatic carbocycles. The van der Waals surface area contributed by atoms with E-state index in [9.17, 15) is 22.1 Å². The molecule has 0 spiro atoms. The summed E-state index contributed by atoms with van der Waals surface area (Å²) in [6.07, 6.45) is -1.33. The average Bonchev–Trinajstić information content (AvgIpc) is 3.54. The van der Waals surface area contributed by atoms with Gasteiger partial charge >= 0.3 is 13.8 Å². The predicted molar refractivity (Wildman–Crippen MR) is 147 cm³/mol. The first kappa shape index (κ1) is 30.0. The maximum absolute atomic E-state index is 14.2. The second kappa shape index (κ2) is 12.0. The molecule has 222 valence electrons. The quantitative estimate of drug-likeness (QED) is 0.0897. The Balaban J connectivity index is 1.59. The standard InChI is InChI=1S/C26H25F4N6O4PS/c1-4-39-41(37,40-5-2)25(16-9-11-18(27)12-10-16)36-22-21(24(34-36)42-3)23-32-20(33-35(23)15-31-22)14-38-19-8-6-7-17(13-19)26(28,29)30/h6-13,15,25H,4-5,14H2,1-3H3. The minimum atomic E-state index is -4.51. The van der Waals surface area contributed by atoms with E-state index in [1.165, 1.54) is 63.7 Å². The molecule has 1 unspecified atom stereocenters. The Bertz CT molecular complexity index is 1750. The smallest absolute Gasteiger partial charge is 0.416 e. The van der Waals surface area contributed by atoms with Crippen LogP contribution in [-0.2, 0) is 26.4 Å². The van der Waals surface area contributed by atoms with Crippen molar-refractivity contribution in [2.75, 3.05) is 19.5 Å². The van der Waals surface area contributed by atoms with E-state index in [1.54, 1.807) is 20.1 Å². The topological polar surface area (TPSA) is 106 Å². The first-order valence-electron chi connectivity index (χ1n) is 12.7. The van der Waals surface area contributed by atoms with Gasteiger partial charge in [-0.2, -0.15) is 18.3 Å². The zero-order valence-electron chi connectivity index (χ0n) is 22.6. The summed E-state index contributed by atoms with van der Waals surface area (Å²) in [5, 5.41) is 10.0. The fourth-order valence-electron chi connectivity index (χ4n) is 4.37. The lowest BCUT2D eigenvalue weighted by atomic mass is 10.2. The molecule has 0 saturated carbocycles. The second-order valence-electron chi connectivity index (χ2n) is 8.81. The van der Waals surface area contributed by atoms with Crippen molar-refractivity contribution in [3.05, 3.63) is 77.6 Å². The molecule has 0 amide bonds. The summed E-state index contributed by atoms with van der Waals surface area (Å²) in [7, 11) is -3.92.